The Labute approximate surface area is 183 Å². The lowest BCUT2D eigenvalue weighted by atomic mass is 10.0. The van der Waals surface area contributed by atoms with Crippen molar-refractivity contribution < 1.29 is 24.0 Å². The Morgan fingerprint density at radius 3 is 2.74 bits per heavy atom. The van der Waals surface area contributed by atoms with Gasteiger partial charge in [-0.2, -0.15) is 0 Å². The number of fused-ring (bicyclic) bond motifs is 1. The number of rotatable bonds is 5. The molecule has 3 aliphatic heterocycles. The third-order valence-corrected chi connectivity index (χ3v) is 6.63. The maximum Gasteiger partial charge on any atom is 0.289 e. The number of nitrogens with zero attached hydrogens (tertiary/aromatic N) is 1. The van der Waals surface area contributed by atoms with Gasteiger partial charge in [0.05, 0.1) is 31.1 Å². The van der Waals surface area contributed by atoms with Gasteiger partial charge in [-0.3, -0.25) is 19.3 Å². The van der Waals surface area contributed by atoms with Gasteiger partial charge in [-0.25, -0.2) is 0 Å². The number of aromatic nitrogens is 1. The Kier molecular flexibility index (Phi) is 5.39. The van der Waals surface area contributed by atoms with Crippen molar-refractivity contribution in [2.75, 3.05) is 37.4 Å². The highest BCUT2D eigenvalue weighted by molar-refractivity contribution is 8.14. The quantitative estimate of drug-likeness (QED) is 0.607. The number of imide groups is 1. The van der Waals surface area contributed by atoms with Crippen LogP contribution in [0, 0.1) is 0 Å². The van der Waals surface area contributed by atoms with Crippen molar-refractivity contribution in [3.63, 3.8) is 0 Å². The van der Waals surface area contributed by atoms with Crippen molar-refractivity contribution in [2.45, 2.75) is 13.1 Å². The minimum absolute atomic E-state index is 0.161. The fourth-order valence-electron chi connectivity index (χ4n) is 4.12. The molecule has 2 saturated heterocycles. The summed E-state index contributed by atoms with van der Waals surface area (Å²) >= 11 is 1.02. The Morgan fingerprint density at radius 2 is 1.97 bits per heavy atom. The molecule has 5 rings (SSSR count). The molecule has 0 radical (unpaired) electrons. The molecule has 0 spiro atoms. The second-order valence-corrected chi connectivity index (χ2v) is 8.86. The van der Waals surface area contributed by atoms with Gasteiger partial charge in [-0.15, -0.1) is 0 Å². The van der Waals surface area contributed by atoms with E-state index in [2.05, 4.69) is 16.4 Å². The van der Waals surface area contributed by atoms with Crippen molar-refractivity contribution in [2.24, 2.45) is 0 Å². The van der Waals surface area contributed by atoms with Crippen LogP contribution in [0.2, 0.25) is 0 Å². The molecule has 3 amide bonds. The number of nitrogens with one attached hydrogen (secondary N) is 3. The summed E-state index contributed by atoms with van der Waals surface area (Å²) in [6, 6.07) is 7.61. The number of H-pyrrole nitrogens is 1. The van der Waals surface area contributed by atoms with Crippen LogP contribution in [0.1, 0.15) is 22.4 Å². The number of thioether (sulfide) groups is 1. The summed E-state index contributed by atoms with van der Waals surface area (Å²) < 4.78 is 5.42. The van der Waals surface area contributed by atoms with Gasteiger partial charge in [-0.1, -0.05) is 17.8 Å². The maximum atomic E-state index is 12.6. The normalized spacial score (nSPS) is 20.6. The monoisotopic (exact) mass is 439 g/mol. The lowest BCUT2D eigenvalue weighted by molar-refractivity contribution is -0.921. The zero-order valence-electron chi connectivity index (χ0n) is 16.9. The van der Waals surface area contributed by atoms with Crippen LogP contribution in [-0.2, 0) is 27.4 Å². The molecule has 0 bridgehead atoms. The van der Waals surface area contributed by atoms with Crippen molar-refractivity contribution >= 4 is 46.2 Å². The van der Waals surface area contributed by atoms with Gasteiger partial charge in [0.1, 0.15) is 19.6 Å². The number of anilines is 1. The first kappa shape index (κ1) is 20.0. The number of carbonyl (C=O) groups excluding carboxylic acids is 3. The maximum absolute atomic E-state index is 12.6. The zero-order chi connectivity index (χ0) is 21.4. The number of morpholine rings is 1. The number of amides is 3. The molecule has 3 N–H and O–H groups in total. The third kappa shape index (κ3) is 4.16. The molecule has 0 unspecified atom stereocenters. The van der Waals surface area contributed by atoms with E-state index in [1.54, 1.807) is 0 Å². The Bertz CT molecular complexity index is 1070. The van der Waals surface area contributed by atoms with Crippen LogP contribution in [0.3, 0.4) is 0 Å². The van der Waals surface area contributed by atoms with E-state index in [4.69, 9.17) is 4.74 Å². The lowest BCUT2D eigenvalue weighted by Gasteiger charge is -2.23. The summed E-state index contributed by atoms with van der Waals surface area (Å²) in [4.78, 5) is 42.4. The van der Waals surface area contributed by atoms with Gasteiger partial charge in [0.15, 0.2) is 0 Å². The number of ether oxygens (including phenoxy) is 1. The molecule has 8 nitrogen and oxygen atoms in total. The van der Waals surface area contributed by atoms with Crippen LogP contribution in [-0.4, -0.2) is 59.0 Å². The van der Waals surface area contributed by atoms with Crippen LogP contribution in [0.5, 0.6) is 0 Å². The predicted molar refractivity (Wildman–Crippen MR) is 117 cm³/mol. The molecule has 0 atom stereocenters. The minimum Gasteiger partial charge on any atom is -0.370 e. The van der Waals surface area contributed by atoms with E-state index in [0.717, 1.165) is 67.1 Å². The summed E-state index contributed by atoms with van der Waals surface area (Å²) in [5.74, 6) is -0.149. The van der Waals surface area contributed by atoms with Crippen molar-refractivity contribution in [1.29, 1.82) is 0 Å². The highest BCUT2D eigenvalue weighted by atomic mass is 32.2. The van der Waals surface area contributed by atoms with Gasteiger partial charge in [0.25, 0.3) is 11.1 Å². The molecule has 1 aromatic carbocycles. The van der Waals surface area contributed by atoms with Crippen LogP contribution < -0.4 is 10.2 Å². The second-order valence-electron chi connectivity index (χ2n) is 7.93. The fraction of sp³-hybridized carbons (Fsp3) is 0.318. The van der Waals surface area contributed by atoms with Gasteiger partial charge >= 0.3 is 0 Å². The number of hydrogen-bond donors (Lipinski definition) is 3. The smallest absolute Gasteiger partial charge is 0.289 e. The van der Waals surface area contributed by atoms with E-state index in [0.29, 0.717) is 5.57 Å². The first-order chi connectivity index (χ1) is 15.1. The summed E-state index contributed by atoms with van der Waals surface area (Å²) in [6.07, 6.45) is 3.84. The van der Waals surface area contributed by atoms with Crippen molar-refractivity contribution in [3.8, 4) is 0 Å². The van der Waals surface area contributed by atoms with Crippen LogP contribution in [0.15, 0.2) is 30.5 Å². The SMILES string of the molecule is O=C1Nc2ccc(CN3C(=O)CSC3=O)cc2/C1=C\c1cc(C[NH+]2CCOCC2)c[nH]1. The van der Waals surface area contributed by atoms with Crippen LogP contribution in [0.25, 0.3) is 11.6 Å². The lowest BCUT2D eigenvalue weighted by Crippen LogP contribution is -3.12. The molecule has 0 aliphatic carbocycles. The highest BCUT2D eigenvalue weighted by Gasteiger charge is 2.31. The molecule has 9 heteroatoms. The highest BCUT2D eigenvalue weighted by Crippen LogP contribution is 2.34. The minimum atomic E-state index is -0.225. The average molecular weight is 440 g/mol. The predicted octanol–water partition coefficient (Wildman–Crippen LogP) is 1.12. The molecule has 1 aromatic heterocycles. The third-order valence-electron chi connectivity index (χ3n) is 5.77. The second kappa shape index (κ2) is 8.33. The van der Waals surface area contributed by atoms with Gasteiger partial charge in [-0.05, 0) is 29.8 Å². The number of carbonyl (C=O) groups is 3. The summed E-state index contributed by atoms with van der Waals surface area (Å²) in [5, 5.41) is 2.66. The molecule has 2 fully saturated rings. The fourth-order valence-corrected chi connectivity index (χ4v) is 4.84. The number of quaternary nitrogens is 1. The molecule has 4 heterocycles. The number of aromatic amines is 1. The largest absolute Gasteiger partial charge is 0.370 e. The van der Waals surface area contributed by atoms with Gasteiger partial charge < -0.3 is 19.9 Å². The Balaban J connectivity index is 1.36. The molecule has 0 saturated carbocycles. The Hall–Kier alpha value is -2.88. The zero-order valence-corrected chi connectivity index (χ0v) is 17.7. The first-order valence-electron chi connectivity index (χ1n) is 10.3. The molecule has 160 valence electrons. The van der Waals surface area contributed by atoms with E-state index in [-0.39, 0.29) is 29.4 Å². The van der Waals surface area contributed by atoms with E-state index in [9.17, 15) is 14.4 Å². The molecule has 31 heavy (non-hydrogen) atoms. The van der Waals surface area contributed by atoms with Crippen LogP contribution in [0.4, 0.5) is 10.5 Å². The molecule has 2 aromatic rings. The van der Waals surface area contributed by atoms with Crippen molar-refractivity contribution in [3.05, 3.63) is 52.8 Å². The summed E-state index contributed by atoms with van der Waals surface area (Å²) in [5.41, 5.74) is 4.96. The average Bonchev–Trinajstić information content (AvgIpc) is 3.43. The Morgan fingerprint density at radius 1 is 1.13 bits per heavy atom. The van der Waals surface area contributed by atoms with E-state index in [1.807, 2.05) is 30.5 Å². The first-order valence-corrected chi connectivity index (χ1v) is 11.3. The number of benzene rings is 1. The molecule has 3 aliphatic rings. The van der Waals surface area contributed by atoms with E-state index >= 15 is 0 Å². The summed E-state index contributed by atoms with van der Waals surface area (Å²) in [6.45, 7) is 4.73. The standard InChI is InChI=1S/C22H22N4O4S/c27-20-13-31-22(29)26(20)12-14-1-2-19-17(8-14)18(21(28)24-19)9-16-7-15(10-23-16)11-25-3-5-30-6-4-25/h1-2,7-10,23H,3-6,11-13H2,(H,24,28)/p+1/b18-9+. The van der Waals surface area contributed by atoms with Crippen LogP contribution >= 0.6 is 11.8 Å². The molecular formula is C22H23N4O4S+. The van der Waals surface area contributed by atoms with E-state index < -0.39 is 0 Å². The van der Waals surface area contributed by atoms with Gasteiger partial charge in [0, 0.05) is 28.7 Å². The van der Waals surface area contributed by atoms with Crippen molar-refractivity contribution in [1.82, 2.24) is 9.88 Å². The number of hydrogen-bond acceptors (Lipinski definition) is 5. The van der Waals surface area contributed by atoms with E-state index in [1.165, 1.54) is 15.4 Å². The topological polar surface area (TPSA) is 95.9 Å². The van der Waals surface area contributed by atoms with Gasteiger partial charge in [0.2, 0.25) is 5.91 Å². The summed E-state index contributed by atoms with van der Waals surface area (Å²) in [7, 11) is 0. The molecular weight excluding hydrogens is 416 g/mol.